The molecule has 0 spiro atoms. The van der Waals surface area contributed by atoms with Gasteiger partial charge in [0.15, 0.2) is 8.32 Å². The van der Waals surface area contributed by atoms with Crippen molar-refractivity contribution in [3.8, 4) is 0 Å². The zero-order valence-corrected chi connectivity index (χ0v) is 21.0. The summed E-state index contributed by atoms with van der Waals surface area (Å²) in [4.78, 5) is 41.4. The van der Waals surface area contributed by atoms with Gasteiger partial charge in [-0.2, -0.15) is 0 Å². The molecule has 0 radical (unpaired) electrons. The van der Waals surface area contributed by atoms with Crippen molar-refractivity contribution in [2.45, 2.75) is 63.3 Å². The van der Waals surface area contributed by atoms with Crippen LogP contribution in [0.25, 0.3) is 0 Å². The van der Waals surface area contributed by atoms with Gasteiger partial charge in [0, 0.05) is 18.0 Å². The number of nitrogens with two attached hydrogens (primary N) is 1. The zero-order chi connectivity index (χ0) is 23.3. The van der Waals surface area contributed by atoms with E-state index >= 15 is 0 Å². The second-order valence-electron chi connectivity index (χ2n) is 9.83. The molecular formula is C21H33N3O5SSi. The fraction of sp³-hybridized carbons (Fsp3) is 0.667. The number of carbonyl (C=O) groups is 3. The minimum atomic E-state index is -2.05. The number of ether oxygens (including phenoxy) is 1. The fourth-order valence-electron chi connectivity index (χ4n) is 3.66. The molecule has 172 valence electrons. The smallest absolute Gasteiger partial charge is 0.356 e. The van der Waals surface area contributed by atoms with Crippen molar-refractivity contribution < 1.29 is 23.5 Å². The Balaban J connectivity index is 1.77. The molecule has 1 unspecified atom stereocenters. The summed E-state index contributed by atoms with van der Waals surface area (Å²) in [6.07, 6.45) is 1.23. The third-order valence-electron chi connectivity index (χ3n) is 6.56. The molecule has 3 aliphatic rings. The van der Waals surface area contributed by atoms with E-state index in [-0.39, 0.29) is 52.6 Å². The summed E-state index contributed by atoms with van der Waals surface area (Å²) in [6.45, 7) is 17.3. The molecule has 0 aromatic heterocycles. The van der Waals surface area contributed by atoms with E-state index in [2.05, 4.69) is 40.4 Å². The molecule has 3 heterocycles. The molecule has 0 aromatic rings. The highest BCUT2D eigenvalue weighted by molar-refractivity contribution is 8.04. The van der Waals surface area contributed by atoms with E-state index in [1.165, 1.54) is 22.7 Å². The van der Waals surface area contributed by atoms with Crippen LogP contribution in [0, 0.1) is 5.92 Å². The van der Waals surface area contributed by atoms with Crippen LogP contribution in [0.1, 0.15) is 27.7 Å². The summed E-state index contributed by atoms with van der Waals surface area (Å²) in [5.74, 6) is -1.39. The Morgan fingerprint density at radius 2 is 2.03 bits per heavy atom. The Labute approximate surface area is 189 Å². The van der Waals surface area contributed by atoms with Gasteiger partial charge in [-0.15, -0.1) is 11.8 Å². The van der Waals surface area contributed by atoms with Crippen molar-refractivity contribution in [3.63, 3.8) is 0 Å². The molecule has 2 fully saturated rings. The molecule has 3 aliphatic heterocycles. The number of rotatable bonds is 9. The van der Waals surface area contributed by atoms with Gasteiger partial charge < -0.3 is 14.9 Å². The van der Waals surface area contributed by atoms with Crippen molar-refractivity contribution in [2.24, 2.45) is 11.7 Å². The molecule has 0 aromatic carbocycles. The quantitative estimate of drug-likeness (QED) is 0.182. The number of primary amides is 1. The first-order valence-corrected chi connectivity index (χ1v) is 14.3. The average Bonchev–Trinajstić information content (AvgIpc) is 3.33. The van der Waals surface area contributed by atoms with Crippen LogP contribution in [0.15, 0.2) is 23.3 Å². The first-order chi connectivity index (χ1) is 14.3. The maximum atomic E-state index is 13.1. The van der Waals surface area contributed by atoms with Crippen LogP contribution in [0.5, 0.6) is 0 Å². The van der Waals surface area contributed by atoms with Gasteiger partial charge >= 0.3 is 5.97 Å². The number of nitrogens with zero attached hydrogens (tertiary/aromatic N) is 2. The second-order valence-corrected chi connectivity index (χ2v) is 15.8. The third kappa shape index (κ3) is 4.48. The van der Waals surface area contributed by atoms with Crippen LogP contribution >= 0.6 is 11.8 Å². The van der Waals surface area contributed by atoms with Crippen molar-refractivity contribution in [3.05, 3.63) is 23.3 Å². The van der Waals surface area contributed by atoms with Crippen LogP contribution in [0.4, 0.5) is 0 Å². The maximum absolute atomic E-state index is 13.1. The molecule has 8 nitrogen and oxygen atoms in total. The Morgan fingerprint density at radius 3 is 2.55 bits per heavy atom. The fourth-order valence-corrected chi connectivity index (χ4v) is 6.72. The first kappa shape index (κ1) is 24.0. The zero-order valence-electron chi connectivity index (χ0n) is 19.1. The summed E-state index contributed by atoms with van der Waals surface area (Å²) in [5, 5.41) is -0.177. The van der Waals surface area contributed by atoms with Gasteiger partial charge in [-0.05, 0) is 25.1 Å². The van der Waals surface area contributed by atoms with Crippen LogP contribution < -0.4 is 5.73 Å². The Hall–Kier alpha value is -1.62. The van der Waals surface area contributed by atoms with Gasteiger partial charge in [0.05, 0.1) is 12.0 Å². The Morgan fingerprint density at radius 1 is 1.39 bits per heavy atom. The lowest BCUT2D eigenvalue weighted by molar-refractivity contribution is -0.157. The SMILES string of the molecule is C=CCOC(=O)C1=C(CN2C[C@H]2C(N)=O)S[C@@H]2[C@@H]([C@@H](C)O[Si](C)(C)C(C)(C)C)C(=O)N12. The number of fused-ring (bicyclic) bond motifs is 1. The normalized spacial score (nSPS) is 28.7. The highest BCUT2D eigenvalue weighted by atomic mass is 32.2. The molecule has 2 N–H and O–H groups in total. The number of hydrogen-bond donors (Lipinski definition) is 1. The molecule has 2 amide bonds. The summed E-state index contributed by atoms with van der Waals surface area (Å²) >= 11 is 1.49. The van der Waals surface area contributed by atoms with Gasteiger partial charge in [-0.1, -0.05) is 33.4 Å². The molecule has 3 rings (SSSR count). The molecule has 0 aliphatic carbocycles. The van der Waals surface area contributed by atoms with Gasteiger partial charge in [0.2, 0.25) is 11.8 Å². The number of β-lactam (4-membered cyclic amide) rings is 1. The summed E-state index contributed by atoms with van der Waals surface area (Å²) in [7, 11) is -2.05. The van der Waals surface area contributed by atoms with Crippen molar-refractivity contribution in [1.82, 2.24) is 9.80 Å². The number of esters is 1. The molecular weight excluding hydrogens is 434 g/mol. The van der Waals surface area contributed by atoms with E-state index in [1.54, 1.807) is 0 Å². The van der Waals surface area contributed by atoms with Crippen LogP contribution in [0.3, 0.4) is 0 Å². The van der Waals surface area contributed by atoms with E-state index in [9.17, 15) is 14.4 Å². The molecule has 0 saturated carbocycles. The van der Waals surface area contributed by atoms with Gasteiger partial charge in [-0.3, -0.25) is 19.4 Å². The van der Waals surface area contributed by atoms with Gasteiger partial charge in [0.1, 0.15) is 23.7 Å². The predicted molar refractivity (Wildman–Crippen MR) is 122 cm³/mol. The largest absolute Gasteiger partial charge is 0.457 e. The topological polar surface area (TPSA) is 102 Å². The molecule has 10 heteroatoms. The van der Waals surface area contributed by atoms with Crippen LogP contribution in [-0.4, -0.2) is 73.1 Å². The van der Waals surface area contributed by atoms with Crippen LogP contribution in [-0.2, 0) is 23.5 Å². The number of carbonyl (C=O) groups excluding carboxylic acids is 3. The molecule has 5 atom stereocenters. The molecule has 2 saturated heterocycles. The standard InChI is InChI=1S/C21H33N3O5SSi/c1-8-9-28-20(27)16-14(11-23-10-13(23)17(22)25)30-19-15(18(26)24(16)19)12(2)29-31(6,7)21(3,4)5/h8,12-13,15,19H,1,9-11H2,2-7H3,(H2,22,25)/t12-,13+,15+,19-,23?/m1/s1. The van der Waals surface area contributed by atoms with Crippen molar-refractivity contribution >= 4 is 37.9 Å². The predicted octanol–water partition coefficient (Wildman–Crippen LogP) is 2.04. The Bertz CT molecular complexity index is 837. The average molecular weight is 468 g/mol. The summed E-state index contributed by atoms with van der Waals surface area (Å²) in [6, 6.07) is -0.320. The third-order valence-corrected chi connectivity index (χ3v) is 12.5. The minimum Gasteiger partial charge on any atom is -0.457 e. The van der Waals surface area contributed by atoms with Crippen molar-refractivity contribution in [2.75, 3.05) is 19.7 Å². The summed E-state index contributed by atoms with van der Waals surface area (Å²) < 4.78 is 11.7. The lowest BCUT2D eigenvalue weighted by Crippen LogP contribution is -2.62. The number of hydrogen-bond acceptors (Lipinski definition) is 7. The number of thioether (sulfide) groups is 1. The lowest BCUT2D eigenvalue weighted by atomic mass is 9.92. The van der Waals surface area contributed by atoms with E-state index < -0.39 is 14.3 Å². The van der Waals surface area contributed by atoms with E-state index in [0.717, 1.165) is 4.91 Å². The van der Waals surface area contributed by atoms with Gasteiger partial charge in [0.25, 0.3) is 0 Å². The van der Waals surface area contributed by atoms with Gasteiger partial charge in [-0.25, -0.2) is 4.79 Å². The highest BCUT2D eigenvalue weighted by Crippen LogP contribution is 2.52. The number of amides is 2. The van der Waals surface area contributed by atoms with E-state index in [4.69, 9.17) is 14.9 Å². The van der Waals surface area contributed by atoms with Crippen molar-refractivity contribution in [1.29, 1.82) is 0 Å². The Kier molecular flexibility index (Phi) is 6.50. The first-order valence-electron chi connectivity index (χ1n) is 10.5. The lowest BCUT2D eigenvalue weighted by Gasteiger charge is -2.48. The minimum absolute atomic E-state index is 0.0304. The maximum Gasteiger partial charge on any atom is 0.356 e. The van der Waals surface area contributed by atoms with E-state index in [1.807, 2.05) is 11.8 Å². The van der Waals surface area contributed by atoms with E-state index in [0.29, 0.717) is 13.1 Å². The molecule has 31 heavy (non-hydrogen) atoms. The van der Waals surface area contributed by atoms with Crippen LogP contribution in [0.2, 0.25) is 18.1 Å². The monoisotopic (exact) mass is 467 g/mol. The summed E-state index contributed by atoms with van der Waals surface area (Å²) in [5.41, 5.74) is 5.65. The second kappa shape index (κ2) is 8.38. The molecule has 0 bridgehead atoms. The highest BCUT2D eigenvalue weighted by Gasteiger charge is 2.59.